The Bertz CT molecular complexity index is 827. The topological polar surface area (TPSA) is 82.1 Å². The number of nitrogens with zero attached hydrogens (tertiary/aromatic N) is 2. The number of ether oxygens (including phenoxy) is 2. The predicted octanol–water partition coefficient (Wildman–Crippen LogP) is 1.03. The van der Waals surface area contributed by atoms with Gasteiger partial charge in [0.1, 0.15) is 0 Å². The lowest BCUT2D eigenvalue weighted by Gasteiger charge is -2.36. The molecule has 0 radical (unpaired) electrons. The van der Waals surface area contributed by atoms with Gasteiger partial charge in [-0.05, 0) is 29.8 Å². The highest BCUT2D eigenvalue weighted by molar-refractivity contribution is 5.95. The average molecular weight is 369 g/mol. The van der Waals surface area contributed by atoms with Crippen LogP contribution in [0.2, 0.25) is 0 Å². The van der Waals surface area contributed by atoms with E-state index in [-0.39, 0.29) is 11.5 Å². The van der Waals surface area contributed by atoms with Gasteiger partial charge < -0.3 is 29.2 Å². The molecule has 0 aliphatic carbocycles. The van der Waals surface area contributed by atoms with E-state index in [1.165, 1.54) is 24.3 Å². The van der Waals surface area contributed by atoms with Crippen molar-refractivity contribution in [2.75, 3.05) is 45.3 Å². The highest BCUT2D eigenvalue weighted by atomic mass is 16.5. The molecule has 2 aromatic rings. The van der Waals surface area contributed by atoms with Crippen LogP contribution in [-0.2, 0) is 0 Å². The largest absolute Gasteiger partial charge is 0.545 e. The molecule has 7 nitrogen and oxygen atoms in total. The first-order valence-electron chi connectivity index (χ1n) is 8.61. The average Bonchev–Trinajstić information content (AvgIpc) is 2.72. The summed E-state index contributed by atoms with van der Waals surface area (Å²) in [7, 11) is 3.20. The summed E-state index contributed by atoms with van der Waals surface area (Å²) in [6.45, 7) is 2.54. The summed E-state index contributed by atoms with van der Waals surface area (Å²) in [6.07, 6.45) is 0. The van der Waals surface area contributed by atoms with Crippen LogP contribution < -0.4 is 19.5 Å². The van der Waals surface area contributed by atoms with E-state index in [2.05, 4.69) is 4.90 Å². The zero-order valence-corrected chi connectivity index (χ0v) is 15.3. The van der Waals surface area contributed by atoms with E-state index >= 15 is 0 Å². The number of carboxylic acids is 1. The maximum Gasteiger partial charge on any atom is 0.253 e. The smallest absolute Gasteiger partial charge is 0.253 e. The molecule has 1 amide bonds. The van der Waals surface area contributed by atoms with E-state index < -0.39 is 5.97 Å². The fraction of sp³-hybridized carbons (Fsp3) is 0.300. The van der Waals surface area contributed by atoms with Crippen LogP contribution in [0.15, 0.2) is 42.5 Å². The van der Waals surface area contributed by atoms with Gasteiger partial charge >= 0.3 is 0 Å². The van der Waals surface area contributed by atoms with Crippen molar-refractivity contribution in [2.45, 2.75) is 0 Å². The number of benzene rings is 2. The fourth-order valence-corrected chi connectivity index (χ4v) is 3.12. The molecular formula is C20H21N2O5-. The molecule has 2 aromatic carbocycles. The SMILES string of the molecule is COc1ccc(N2CCN(C(=O)c3ccc(C(=O)[O-])cc3)CC2)cc1OC. The summed E-state index contributed by atoms with van der Waals surface area (Å²) in [5, 5.41) is 10.8. The molecule has 0 unspecified atom stereocenters. The number of hydrogen-bond acceptors (Lipinski definition) is 6. The Morgan fingerprint density at radius 1 is 0.852 bits per heavy atom. The van der Waals surface area contributed by atoms with Crippen molar-refractivity contribution in [2.24, 2.45) is 0 Å². The Labute approximate surface area is 157 Å². The number of piperazine rings is 1. The van der Waals surface area contributed by atoms with Crippen LogP contribution in [0.5, 0.6) is 11.5 Å². The van der Waals surface area contributed by atoms with E-state index in [0.717, 1.165) is 5.69 Å². The van der Waals surface area contributed by atoms with E-state index in [1.54, 1.807) is 19.1 Å². The molecule has 142 valence electrons. The molecule has 1 aliphatic rings. The van der Waals surface area contributed by atoms with Gasteiger partial charge in [-0.2, -0.15) is 0 Å². The third kappa shape index (κ3) is 3.97. The monoisotopic (exact) mass is 369 g/mol. The lowest BCUT2D eigenvalue weighted by molar-refractivity contribution is -0.255. The Kier molecular flexibility index (Phi) is 5.49. The summed E-state index contributed by atoms with van der Waals surface area (Å²) in [5.41, 5.74) is 1.54. The second kappa shape index (κ2) is 7.99. The molecule has 0 aromatic heterocycles. The molecule has 1 fully saturated rings. The van der Waals surface area contributed by atoms with Crippen molar-refractivity contribution in [1.29, 1.82) is 0 Å². The van der Waals surface area contributed by atoms with Crippen molar-refractivity contribution in [1.82, 2.24) is 4.90 Å². The molecule has 1 heterocycles. The van der Waals surface area contributed by atoms with Crippen LogP contribution in [0.25, 0.3) is 0 Å². The number of rotatable bonds is 5. The molecule has 1 aliphatic heterocycles. The number of amides is 1. The van der Waals surface area contributed by atoms with Gasteiger partial charge in [0, 0.05) is 43.5 Å². The van der Waals surface area contributed by atoms with Crippen LogP contribution in [0.4, 0.5) is 5.69 Å². The number of aromatic carboxylic acids is 1. The maximum absolute atomic E-state index is 12.6. The minimum absolute atomic E-state index is 0.0600. The first-order chi connectivity index (χ1) is 13.0. The van der Waals surface area contributed by atoms with Gasteiger partial charge in [-0.3, -0.25) is 4.79 Å². The minimum Gasteiger partial charge on any atom is -0.545 e. The second-order valence-corrected chi connectivity index (χ2v) is 6.18. The first kappa shape index (κ1) is 18.6. The van der Waals surface area contributed by atoms with E-state index in [1.807, 2.05) is 18.2 Å². The summed E-state index contributed by atoms with van der Waals surface area (Å²) in [4.78, 5) is 27.4. The van der Waals surface area contributed by atoms with Crippen molar-refractivity contribution >= 4 is 17.6 Å². The molecule has 0 spiro atoms. The zero-order valence-electron chi connectivity index (χ0n) is 15.3. The summed E-state index contributed by atoms with van der Waals surface area (Å²) in [5.74, 6) is -0.0130. The van der Waals surface area contributed by atoms with Gasteiger partial charge in [0.25, 0.3) is 5.91 Å². The summed E-state index contributed by atoms with van der Waals surface area (Å²) in [6, 6.07) is 11.6. The predicted molar refractivity (Wildman–Crippen MR) is 98.4 cm³/mol. The minimum atomic E-state index is -1.25. The molecule has 0 N–H and O–H groups in total. The van der Waals surface area contributed by atoms with Gasteiger partial charge in [0.2, 0.25) is 0 Å². The van der Waals surface area contributed by atoms with Gasteiger partial charge in [0.15, 0.2) is 11.5 Å². The number of carbonyl (C=O) groups excluding carboxylic acids is 2. The number of carboxylic acid groups (broad SMARTS) is 1. The number of carbonyl (C=O) groups is 2. The van der Waals surface area contributed by atoms with E-state index in [0.29, 0.717) is 43.2 Å². The molecule has 0 bridgehead atoms. The Morgan fingerprint density at radius 2 is 1.44 bits per heavy atom. The Morgan fingerprint density at radius 3 is 2.00 bits per heavy atom. The third-order valence-electron chi connectivity index (χ3n) is 4.67. The van der Waals surface area contributed by atoms with Crippen molar-refractivity contribution in [3.05, 3.63) is 53.6 Å². The highest BCUT2D eigenvalue weighted by Crippen LogP contribution is 2.31. The van der Waals surface area contributed by atoms with Crippen LogP contribution >= 0.6 is 0 Å². The van der Waals surface area contributed by atoms with Crippen LogP contribution in [0, 0.1) is 0 Å². The van der Waals surface area contributed by atoms with Crippen LogP contribution in [0.1, 0.15) is 20.7 Å². The lowest BCUT2D eigenvalue weighted by atomic mass is 10.1. The van der Waals surface area contributed by atoms with Gasteiger partial charge in [-0.1, -0.05) is 12.1 Å². The number of hydrogen-bond donors (Lipinski definition) is 0. The molecule has 7 heteroatoms. The van der Waals surface area contributed by atoms with E-state index in [4.69, 9.17) is 9.47 Å². The van der Waals surface area contributed by atoms with Crippen molar-refractivity contribution < 1.29 is 24.2 Å². The molecule has 1 saturated heterocycles. The third-order valence-corrected chi connectivity index (χ3v) is 4.67. The zero-order chi connectivity index (χ0) is 19.4. The molecule has 0 atom stereocenters. The quantitative estimate of drug-likeness (QED) is 0.783. The number of methoxy groups -OCH3 is 2. The molecule has 3 rings (SSSR count). The van der Waals surface area contributed by atoms with Crippen LogP contribution in [0.3, 0.4) is 0 Å². The maximum atomic E-state index is 12.6. The van der Waals surface area contributed by atoms with Crippen LogP contribution in [-0.4, -0.2) is 57.2 Å². The molecule has 27 heavy (non-hydrogen) atoms. The fourth-order valence-electron chi connectivity index (χ4n) is 3.12. The first-order valence-corrected chi connectivity index (χ1v) is 8.61. The summed E-state index contributed by atoms with van der Waals surface area (Å²) >= 11 is 0. The van der Waals surface area contributed by atoms with Crippen molar-refractivity contribution in [3.8, 4) is 11.5 Å². The molecular weight excluding hydrogens is 348 g/mol. The van der Waals surface area contributed by atoms with Crippen molar-refractivity contribution in [3.63, 3.8) is 0 Å². The molecule has 0 saturated carbocycles. The standard InChI is InChI=1S/C20H22N2O5/c1-26-17-8-7-16(13-18(17)27-2)21-9-11-22(12-10-21)19(23)14-3-5-15(6-4-14)20(24)25/h3-8,13H,9-12H2,1-2H3,(H,24,25)/p-1. The Balaban J connectivity index is 1.64. The van der Waals surface area contributed by atoms with Gasteiger partial charge in [-0.25, -0.2) is 0 Å². The normalized spacial score (nSPS) is 14.0. The summed E-state index contributed by atoms with van der Waals surface area (Å²) < 4.78 is 10.6. The van der Waals surface area contributed by atoms with Gasteiger partial charge in [-0.15, -0.1) is 0 Å². The lowest BCUT2D eigenvalue weighted by Crippen LogP contribution is -2.48. The van der Waals surface area contributed by atoms with Gasteiger partial charge in [0.05, 0.1) is 20.2 Å². The van der Waals surface area contributed by atoms with E-state index in [9.17, 15) is 14.7 Å². The number of anilines is 1. The highest BCUT2D eigenvalue weighted by Gasteiger charge is 2.23. The second-order valence-electron chi connectivity index (χ2n) is 6.18. The Hall–Kier alpha value is -3.22.